The molecule has 1 aliphatic carbocycles. The van der Waals surface area contributed by atoms with Gasteiger partial charge in [-0.05, 0) is 59.2 Å². The lowest BCUT2D eigenvalue weighted by atomic mass is 10.1. The van der Waals surface area contributed by atoms with Gasteiger partial charge < -0.3 is 0 Å². The number of thiophene rings is 1. The van der Waals surface area contributed by atoms with Crippen molar-refractivity contribution in [1.29, 1.82) is 0 Å². The first kappa shape index (κ1) is 17.7. The van der Waals surface area contributed by atoms with Crippen LogP contribution in [-0.4, -0.2) is 19.7 Å². The van der Waals surface area contributed by atoms with Crippen molar-refractivity contribution in [2.75, 3.05) is 6.26 Å². The molecule has 3 aromatic rings. The molecule has 1 aromatic carbocycles. The van der Waals surface area contributed by atoms with Crippen LogP contribution in [0.3, 0.4) is 0 Å². The van der Waals surface area contributed by atoms with Crippen molar-refractivity contribution >= 4 is 32.8 Å². The molecule has 2 aromatic heterocycles. The van der Waals surface area contributed by atoms with Gasteiger partial charge in [0.15, 0.2) is 9.84 Å². The Balaban J connectivity index is 1.62. The molecular formula is C20H18ClNO2S2. The van der Waals surface area contributed by atoms with Crippen molar-refractivity contribution in [3.63, 3.8) is 0 Å². The number of pyridine rings is 1. The molecule has 0 N–H and O–H groups in total. The van der Waals surface area contributed by atoms with Crippen LogP contribution in [0.25, 0.3) is 21.6 Å². The van der Waals surface area contributed by atoms with Gasteiger partial charge in [0.2, 0.25) is 0 Å². The van der Waals surface area contributed by atoms with Crippen LogP contribution in [0.15, 0.2) is 48.0 Å². The first-order valence-corrected chi connectivity index (χ1v) is 11.7. The molecule has 3 nitrogen and oxygen atoms in total. The molecule has 26 heavy (non-hydrogen) atoms. The molecule has 0 amide bonds. The van der Waals surface area contributed by atoms with Crippen LogP contribution < -0.4 is 0 Å². The molecular weight excluding hydrogens is 386 g/mol. The monoisotopic (exact) mass is 403 g/mol. The Morgan fingerprint density at radius 2 is 1.96 bits per heavy atom. The van der Waals surface area contributed by atoms with Crippen LogP contribution in [-0.2, 0) is 15.6 Å². The van der Waals surface area contributed by atoms with Gasteiger partial charge in [0.05, 0.1) is 5.75 Å². The van der Waals surface area contributed by atoms with Gasteiger partial charge in [-0.2, -0.15) is 0 Å². The lowest BCUT2D eigenvalue weighted by Crippen LogP contribution is -2.00. The minimum Gasteiger partial charge on any atom is -0.261 e. The molecule has 6 heteroatoms. The molecule has 1 aliphatic rings. The normalized spacial score (nSPS) is 14.5. The van der Waals surface area contributed by atoms with E-state index in [-0.39, 0.29) is 5.75 Å². The summed E-state index contributed by atoms with van der Waals surface area (Å²) < 4.78 is 22.9. The van der Waals surface area contributed by atoms with Gasteiger partial charge in [-0.15, -0.1) is 11.3 Å². The largest absolute Gasteiger partial charge is 0.261 e. The number of sulfone groups is 1. The number of aromatic nitrogens is 1. The highest BCUT2D eigenvalue weighted by Crippen LogP contribution is 2.41. The van der Waals surface area contributed by atoms with Crippen LogP contribution in [0.1, 0.15) is 30.0 Å². The molecule has 0 radical (unpaired) electrons. The summed E-state index contributed by atoms with van der Waals surface area (Å²) in [5, 5.41) is 2.70. The summed E-state index contributed by atoms with van der Waals surface area (Å²) in [7, 11) is -3.07. The zero-order chi connectivity index (χ0) is 18.3. The third kappa shape index (κ3) is 4.00. The quantitative estimate of drug-likeness (QED) is 0.560. The molecule has 0 bridgehead atoms. The van der Waals surface area contributed by atoms with Crippen molar-refractivity contribution in [1.82, 2.24) is 4.98 Å². The van der Waals surface area contributed by atoms with E-state index in [4.69, 9.17) is 11.6 Å². The minimum absolute atomic E-state index is 0.00362. The molecule has 2 heterocycles. The lowest BCUT2D eigenvalue weighted by molar-refractivity contribution is 0.601. The molecule has 0 spiro atoms. The Labute approximate surface area is 162 Å². The first-order valence-electron chi connectivity index (χ1n) is 8.40. The Bertz CT molecular complexity index is 1070. The zero-order valence-electron chi connectivity index (χ0n) is 14.3. The Morgan fingerprint density at radius 1 is 1.15 bits per heavy atom. The molecule has 4 rings (SSSR count). The average molecular weight is 404 g/mol. The summed E-state index contributed by atoms with van der Waals surface area (Å²) in [5.41, 5.74) is 5.15. The molecule has 0 saturated heterocycles. The van der Waals surface area contributed by atoms with E-state index in [2.05, 4.69) is 22.5 Å². The fourth-order valence-corrected chi connectivity index (χ4v) is 5.11. The second kappa shape index (κ2) is 6.80. The van der Waals surface area contributed by atoms with E-state index in [0.29, 0.717) is 16.5 Å². The third-order valence-electron chi connectivity index (χ3n) is 4.44. The van der Waals surface area contributed by atoms with Crippen LogP contribution in [0.4, 0.5) is 0 Å². The second-order valence-electron chi connectivity index (χ2n) is 6.83. The van der Waals surface area contributed by atoms with E-state index < -0.39 is 9.84 Å². The highest BCUT2D eigenvalue weighted by molar-refractivity contribution is 7.89. The summed E-state index contributed by atoms with van der Waals surface area (Å²) in [5.74, 6) is 0.633. The molecule has 0 atom stereocenters. The van der Waals surface area contributed by atoms with Crippen LogP contribution in [0, 0.1) is 0 Å². The maximum absolute atomic E-state index is 11.5. The first-order chi connectivity index (χ1) is 12.4. The summed E-state index contributed by atoms with van der Waals surface area (Å²) >= 11 is 8.06. The van der Waals surface area contributed by atoms with E-state index in [9.17, 15) is 8.42 Å². The summed E-state index contributed by atoms with van der Waals surface area (Å²) in [6, 6.07) is 11.8. The van der Waals surface area contributed by atoms with Gasteiger partial charge in [0, 0.05) is 39.5 Å². The second-order valence-corrected chi connectivity index (χ2v) is 10.3. The zero-order valence-corrected chi connectivity index (χ0v) is 16.7. The van der Waals surface area contributed by atoms with E-state index in [1.54, 1.807) is 17.4 Å². The minimum atomic E-state index is -3.07. The topological polar surface area (TPSA) is 47.0 Å². The third-order valence-corrected chi connectivity index (χ3v) is 6.57. The highest BCUT2D eigenvalue weighted by Gasteiger charge is 2.25. The van der Waals surface area contributed by atoms with Crippen LogP contribution in [0.5, 0.6) is 0 Å². The van der Waals surface area contributed by atoms with Crippen LogP contribution >= 0.6 is 22.9 Å². The number of hydrogen-bond acceptors (Lipinski definition) is 4. The van der Waals surface area contributed by atoms with Gasteiger partial charge in [-0.25, -0.2) is 8.42 Å². The average Bonchev–Trinajstić information content (AvgIpc) is 3.31. The van der Waals surface area contributed by atoms with E-state index in [1.807, 2.05) is 24.4 Å². The fourth-order valence-electron chi connectivity index (χ4n) is 3.01. The number of halogens is 1. The Kier molecular flexibility index (Phi) is 4.63. The van der Waals surface area contributed by atoms with E-state index in [0.717, 1.165) is 16.0 Å². The molecule has 1 fully saturated rings. The van der Waals surface area contributed by atoms with Gasteiger partial charge >= 0.3 is 0 Å². The van der Waals surface area contributed by atoms with Crippen LogP contribution in [0.2, 0.25) is 5.02 Å². The standard InChI is InChI=1S/C20H18ClNO2S2/c1-26(23,24)12-13-2-5-17(18(21)8-13)20-10-16(11-25-20)15-6-7-22-19(9-15)14-3-4-14/h2,5-11,14H,3-4,12H2,1H3. The fraction of sp³-hybridized carbons (Fsp3) is 0.250. The number of benzene rings is 1. The molecule has 0 aliphatic heterocycles. The molecule has 0 unspecified atom stereocenters. The SMILES string of the molecule is CS(=O)(=O)Cc1ccc(-c2cc(-c3ccnc(C4CC4)c3)cs2)c(Cl)c1. The van der Waals surface area contributed by atoms with Gasteiger partial charge in [0.25, 0.3) is 0 Å². The van der Waals surface area contributed by atoms with Crippen molar-refractivity contribution in [2.24, 2.45) is 0 Å². The van der Waals surface area contributed by atoms with Gasteiger partial charge in [0.1, 0.15) is 0 Å². The smallest absolute Gasteiger partial charge is 0.151 e. The number of nitrogens with zero attached hydrogens (tertiary/aromatic N) is 1. The number of hydrogen-bond donors (Lipinski definition) is 0. The van der Waals surface area contributed by atoms with Crippen molar-refractivity contribution in [3.05, 3.63) is 64.3 Å². The number of rotatable bonds is 5. The van der Waals surface area contributed by atoms with Crippen molar-refractivity contribution in [3.8, 4) is 21.6 Å². The van der Waals surface area contributed by atoms with Gasteiger partial charge in [-0.3, -0.25) is 4.98 Å². The predicted octanol–water partition coefficient (Wildman–Crippen LogP) is 5.55. The predicted molar refractivity (Wildman–Crippen MR) is 109 cm³/mol. The highest BCUT2D eigenvalue weighted by atomic mass is 35.5. The van der Waals surface area contributed by atoms with Crippen molar-refractivity contribution < 1.29 is 8.42 Å². The maximum atomic E-state index is 11.5. The van der Waals surface area contributed by atoms with E-state index in [1.165, 1.54) is 30.4 Å². The maximum Gasteiger partial charge on any atom is 0.151 e. The Hall–Kier alpha value is -1.69. The van der Waals surface area contributed by atoms with Crippen molar-refractivity contribution in [2.45, 2.75) is 24.5 Å². The summed E-state index contributed by atoms with van der Waals surface area (Å²) in [6.07, 6.45) is 5.58. The summed E-state index contributed by atoms with van der Waals surface area (Å²) in [6.45, 7) is 0. The lowest BCUT2D eigenvalue weighted by Gasteiger charge is -2.05. The molecule has 1 saturated carbocycles. The van der Waals surface area contributed by atoms with Gasteiger partial charge in [-0.1, -0.05) is 23.7 Å². The Morgan fingerprint density at radius 3 is 2.65 bits per heavy atom. The van der Waals surface area contributed by atoms with E-state index >= 15 is 0 Å². The molecule has 134 valence electrons. The summed E-state index contributed by atoms with van der Waals surface area (Å²) in [4.78, 5) is 5.55.